The summed E-state index contributed by atoms with van der Waals surface area (Å²) in [4.78, 5) is 14.1. The molecule has 0 atom stereocenters. The SMILES string of the molecule is NC(=O)c1c(Cl)cnc(C(F)F)c1Cl. The van der Waals surface area contributed by atoms with Crippen LogP contribution in [0.5, 0.6) is 0 Å². The average Bonchev–Trinajstić information content (AvgIpc) is 2.02. The molecule has 0 aliphatic heterocycles. The van der Waals surface area contributed by atoms with Crippen LogP contribution in [0.4, 0.5) is 8.78 Å². The summed E-state index contributed by atoms with van der Waals surface area (Å²) in [7, 11) is 0. The quantitative estimate of drug-likeness (QED) is 0.864. The Morgan fingerprint density at radius 3 is 2.50 bits per heavy atom. The molecule has 0 bridgehead atoms. The summed E-state index contributed by atoms with van der Waals surface area (Å²) < 4.78 is 24.5. The number of amides is 1. The van der Waals surface area contributed by atoms with Crippen molar-refractivity contribution >= 4 is 29.1 Å². The first-order valence-corrected chi connectivity index (χ1v) is 4.12. The van der Waals surface area contributed by atoms with Crippen molar-refractivity contribution in [2.45, 2.75) is 6.43 Å². The van der Waals surface area contributed by atoms with E-state index in [2.05, 4.69) is 4.98 Å². The molecule has 7 heteroatoms. The van der Waals surface area contributed by atoms with Crippen molar-refractivity contribution in [3.8, 4) is 0 Å². The number of carbonyl (C=O) groups excluding carboxylic acids is 1. The second-order valence-electron chi connectivity index (χ2n) is 2.35. The highest BCUT2D eigenvalue weighted by molar-refractivity contribution is 6.39. The summed E-state index contributed by atoms with van der Waals surface area (Å²) in [5.41, 5.74) is 3.87. The van der Waals surface area contributed by atoms with Crippen LogP contribution < -0.4 is 5.73 Å². The van der Waals surface area contributed by atoms with E-state index in [9.17, 15) is 13.6 Å². The van der Waals surface area contributed by atoms with Crippen molar-refractivity contribution in [1.82, 2.24) is 4.98 Å². The first-order chi connectivity index (χ1) is 6.45. The van der Waals surface area contributed by atoms with E-state index in [1.54, 1.807) is 0 Å². The van der Waals surface area contributed by atoms with Gasteiger partial charge in [0.15, 0.2) is 0 Å². The maximum Gasteiger partial charge on any atom is 0.281 e. The third-order valence-electron chi connectivity index (χ3n) is 1.45. The lowest BCUT2D eigenvalue weighted by molar-refractivity contribution is 0.0999. The van der Waals surface area contributed by atoms with E-state index in [0.29, 0.717) is 0 Å². The molecule has 2 N–H and O–H groups in total. The molecule has 0 aliphatic carbocycles. The number of hydrogen-bond acceptors (Lipinski definition) is 2. The molecule has 0 fully saturated rings. The Bertz CT molecular complexity index is 384. The van der Waals surface area contributed by atoms with E-state index in [-0.39, 0.29) is 10.6 Å². The van der Waals surface area contributed by atoms with Crippen LogP contribution in [0, 0.1) is 0 Å². The van der Waals surface area contributed by atoms with Gasteiger partial charge in [-0.3, -0.25) is 9.78 Å². The number of primary amides is 1. The smallest absolute Gasteiger partial charge is 0.281 e. The molecule has 3 nitrogen and oxygen atoms in total. The highest BCUT2D eigenvalue weighted by Crippen LogP contribution is 2.31. The van der Waals surface area contributed by atoms with E-state index < -0.39 is 23.0 Å². The van der Waals surface area contributed by atoms with E-state index in [1.165, 1.54) is 0 Å². The van der Waals surface area contributed by atoms with Crippen LogP contribution in [0.3, 0.4) is 0 Å². The molecule has 0 aromatic carbocycles. The number of rotatable bonds is 2. The fourth-order valence-corrected chi connectivity index (χ4v) is 1.47. The molecule has 0 saturated carbocycles. The number of hydrogen-bond donors (Lipinski definition) is 1. The lowest BCUT2D eigenvalue weighted by Crippen LogP contribution is -2.14. The van der Waals surface area contributed by atoms with Gasteiger partial charge >= 0.3 is 0 Å². The number of alkyl halides is 2. The molecule has 1 rings (SSSR count). The number of nitrogens with zero attached hydrogens (tertiary/aromatic N) is 1. The van der Waals surface area contributed by atoms with Gasteiger partial charge in [-0.05, 0) is 0 Å². The Labute approximate surface area is 87.8 Å². The largest absolute Gasteiger partial charge is 0.366 e. The summed E-state index contributed by atoms with van der Waals surface area (Å²) in [5, 5.41) is -0.646. The monoisotopic (exact) mass is 240 g/mol. The molecular weight excluding hydrogens is 237 g/mol. The molecule has 1 aromatic rings. The summed E-state index contributed by atoms with van der Waals surface area (Å²) in [5.74, 6) is -0.968. The molecule has 0 radical (unpaired) electrons. The maximum atomic E-state index is 12.3. The van der Waals surface area contributed by atoms with Crippen LogP contribution in [0.25, 0.3) is 0 Å². The normalized spacial score (nSPS) is 10.6. The van der Waals surface area contributed by atoms with Gasteiger partial charge in [-0.1, -0.05) is 23.2 Å². The Hall–Kier alpha value is -0.940. The van der Waals surface area contributed by atoms with Crippen molar-refractivity contribution < 1.29 is 13.6 Å². The predicted molar refractivity (Wildman–Crippen MR) is 47.7 cm³/mol. The molecule has 1 aromatic heterocycles. The lowest BCUT2D eigenvalue weighted by atomic mass is 10.2. The van der Waals surface area contributed by atoms with Gasteiger partial charge in [-0.15, -0.1) is 0 Å². The number of pyridine rings is 1. The van der Waals surface area contributed by atoms with Crippen LogP contribution in [-0.2, 0) is 0 Å². The summed E-state index contributed by atoms with van der Waals surface area (Å²) in [6.45, 7) is 0. The zero-order valence-corrected chi connectivity index (χ0v) is 8.11. The fraction of sp³-hybridized carbons (Fsp3) is 0.143. The average molecular weight is 241 g/mol. The Morgan fingerprint density at radius 2 is 2.07 bits per heavy atom. The number of carbonyl (C=O) groups is 1. The minimum atomic E-state index is -2.88. The first kappa shape index (κ1) is 11.1. The van der Waals surface area contributed by atoms with Gasteiger partial charge in [0, 0.05) is 6.20 Å². The Balaban J connectivity index is 3.41. The third kappa shape index (κ3) is 1.93. The second kappa shape index (κ2) is 4.06. The van der Waals surface area contributed by atoms with Crippen molar-refractivity contribution in [2.75, 3.05) is 0 Å². The van der Waals surface area contributed by atoms with Crippen LogP contribution >= 0.6 is 23.2 Å². The van der Waals surface area contributed by atoms with Gasteiger partial charge in [0.2, 0.25) is 0 Å². The number of nitrogens with two attached hydrogens (primary N) is 1. The van der Waals surface area contributed by atoms with Crippen molar-refractivity contribution in [3.05, 3.63) is 27.5 Å². The third-order valence-corrected chi connectivity index (χ3v) is 2.12. The molecule has 0 spiro atoms. The molecular formula is C7H4Cl2F2N2O. The number of aromatic nitrogens is 1. The van der Waals surface area contributed by atoms with E-state index in [1.807, 2.05) is 0 Å². The molecule has 0 aliphatic rings. The summed E-state index contributed by atoms with van der Waals surface area (Å²) in [6.07, 6.45) is -1.97. The van der Waals surface area contributed by atoms with Crippen molar-refractivity contribution in [1.29, 1.82) is 0 Å². The fourth-order valence-electron chi connectivity index (χ4n) is 0.858. The molecule has 76 valence electrons. The van der Waals surface area contributed by atoms with Gasteiger partial charge in [0.05, 0.1) is 15.6 Å². The zero-order valence-electron chi connectivity index (χ0n) is 6.60. The Kier molecular flexibility index (Phi) is 3.23. The van der Waals surface area contributed by atoms with Crippen molar-refractivity contribution in [3.63, 3.8) is 0 Å². The minimum Gasteiger partial charge on any atom is -0.366 e. The topological polar surface area (TPSA) is 56.0 Å². The first-order valence-electron chi connectivity index (χ1n) is 3.37. The standard InChI is InChI=1S/C7H4Cl2F2N2O/c8-2-1-13-5(6(10)11)4(9)3(2)7(12)14/h1,6H,(H2,12,14). The molecule has 14 heavy (non-hydrogen) atoms. The predicted octanol–water partition coefficient (Wildman–Crippen LogP) is 2.42. The summed E-state index contributed by atoms with van der Waals surface area (Å²) in [6, 6.07) is 0. The van der Waals surface area contributed by atoms with Gasteiger partial charge in [-0.2, -0.15) is 0 Å². The van der Waals surface area contributed by atoms with Gasteiger partial charge < -0.3 is 5.73 Å². The van der Waals surface area contributed by atoms with E-state index in [0.717, 1.165) is 6.20 Å². The number of halogens is 4. The zero-order chi connectivity index (χ0) is 10.9. The van der Waals surface area contributed by atoms with E-state index >= 15 is 0 Å². The van der Waals surface area contributed by atoms with E-state index in [4.69, 9.17) is 28.9 Å². The van der Waals surface area contributed by atoms with Crippen molar-refractivity contribution in [2.24, 2.45) is 5.73 Å². The van der Waals surface area contributed by atoms with Crippen LogP contribution in [-0.4, -0.2) is 10.9 Å². The lowest BCUT2D eigenvalue weighted by Gasteiger charge is -2.06. The van der Waals surface area contributed by atoms with Gasteiger partial charge in [0.25, 0.3) is 12.3 Å². The highest BCUT2D eigenvalue weighted by atomic mass is 35.5. The molecule has 0 saturated heterocycles. The second-order valence-corrected chi connectivity index (χ2v) is 3.13. The minimum absolute atomic E-state index is 0.146. The summed E-state index contributed by atoms with van der Waals surface area (Å²) >= 11 is 11.0. The highest BCUT2D eigenvalue weighted by Gasteiger charge is 2.21. The molecule has 0 unspecified atom stereocenters. The van der Waals surface area contributed by atoms with Gasteiger partial charge in [-0.25, -0.2) is 8.78 Å². The van der Waals surface area contributed by atoms with Crippen LogP contribution in [0.1, 0.15) is 22.5 Å². The van der Waals surface area contributed by atoms with Gasteiger partial charge in [0.1, 0.15) is 5.69 Å². The van der Waals surface area contributed by atoms with Crippen LogP contribution in [0.2, 0.25) is 10.0 Å². The van der Waals surface area contributed by atoms with Crippen LogP contribution in [0.15, 0.2) is 6.20 Å². The Morgan fingerprint density at radius 1 is 1.50 bits per heavy atom. The maximum absolute atomic E-state index is 12.3. The molecule has 1 amide bonds. The molecule has 1 heterocycles.